The van der Waals surface area contributed by atoms with Gasteiger partial charge >= 0.3 is 5.97 Å². The molecule has 0 N–H and O–H groups in total. The standard InChI is InChI=1S/C6H8O2/c1-3-4-5-6(7)8-2/h4H,1,5H2,2H3. The number of carbonyl (C=O) groups is 1. The van der Waals surface area contributed by atoms with Crippen molar-refractivity contribution in [1.82, 2.24) is 0 Å². The minimum absolute atomic E-state index is 0.263. The number of ether oxygens (including phenoxy) is 1. The molecule has 0 fully saturated rings. The summed E-state index contributed by atoms with van der Waals surface area (Å²) < 4.78 is 4.31. The van der Waals surface area contributed by atoms with E-state index in [9.17, 15) is 4.79 Å². The molecule has 0 bridgehead atoms. The highest BCUT2D eigenvalue weighted by Gasteiger charge is 1.91. The summed E-state index contributed by atoms with van der Waals surface area (Å²) in [5.41, 5.74) is 2.46. The van der Waals surface area contributed by atoms with Crippen LogP contribution >= 0.6 is 0 Å². The van der Waals surface area contributed by atoms with Crippen LogP contribution in [0.3, 0.4) is 0 Å². The van der Waals surface area contributed by atoms with Gasteiger partial charge in [0.15, 0.2) is 0 Å². The van der Waals surface area contributed by atoms with Gasteiger partial charge in [-0.2, -0.15) is 0 Å². The zero-order valence-corrected chi connectivity index (χ0v) is 4.81. The van der Waals surface area contributed by atoms with Gasteiger partial charge in [-0.1, -0.05) is 6.58 Å². The Hall–Kier alpha value is -1.01. The lowest BCUT2D eigenvalue weighted by Crippen LogP contribution is -1.96. The molecule has 0 aliphatic heterocycles. The minimum Gasteiger partial charge on any atom is -0.469 e. The van der Waals surface area contributed by atoms with Gasteiger partial charge in [0.1, 0.15) is 0 Å². The third-order valence-corrected chi connectivity index (χ3v) is 0.641. The first kappa shape index (κ1) is 6.99. The summed E-state index contributed by atoms with van der Waals surface area (Å²) in [5, 5.41) is 0. The van der Waals surface area contributed by atoms with Gasteiger partial charge in [0, 0.05) is 0 Å². The second-order valence-corrected chi connectivity index (χ2v) is 1.19. The van der Waals surface area contributed by atoms with Gasteiger partial charge in [-0.05, 0) is 6.08 Å². The molecule has 0 radical (unpaired) electrons. The van der Waals surface area contributed by atoms with Crippen LogP contribution in [0.15, 0.2) is 18.4 Å². The first-order chi connectivity index (χ1) is 3.81. The minimum atomic E-state index is -0.263. The zero-order chi connectivity index (χ0) is 6.41. The number of esters is 1. The molecule has 0 atom stereocenters. The van der Waals surface area contributed by atoms with Gasteiger partial charge in [-0.25, -0.2) is 0 Å². The van der Waals surface area contributed by atoms with E-state index in [4.69, 9.17) is 0 Å². The molecular formula is C6H8O2. The van der Waals surface area contributed by atoms with Crippen molar-refractivity contribution in [3.8, 4) is 0 Å². The Morgan fingerprint density at radius 2 is 2.62 bits per heavy atom. The van der Waals surface area contributed by atoms with Gasteiger partial charge in [-0.3, -0.25) is 4.79 Å². The Balaban J connectivity index is 3.39. The lowest BCUT2D eigenvalue weighted by molar-refractivity contribution is -0.139. The summed E-state index contributed by atoms with van der Waals surface area (Å²) in [6.07, 6.45) is 1.78. The molecule has 0 aliphatic carbocycles. The molecule has 2 heteroatoms. The lowest BCUT2D eigenvalue weighted by atomic mass is 10.4. The number of methoxy groups -OCH3 is 1. The molecule has 0 heterocycles. The van der Waals surface area contributed by atoms with Crippen LogP contribution in [0.1, 0.15) is 6.42 Å². The largest absolute Gasteiger partial charge is 0.469 e. The van der Waals surface area contributed by atoms with E-state index in [0.29, 0.717) is 0 Å². The molecule has 8 heavy (non-hydrogen) atoms. The third kappa shape index (κ3) is 3.19. The van der Waals surface area contributed by atoms with E-state index in [-0.39, 0.29) is 12.4 Å². The predicted octanol–water partition coefficient (Wildman–Crippen LogP) is 0.891. The number of rotatable bonds is 2. The van der Waals surface area contributed by atoms with Crippen LogP contribution in [0.2, 0.25) is 0 Å². The molecule has 0 spiro atoms. The van der Waals surface area contributed by atoms with Gasteiger partial charge in [0.05, 0.1) is 13.5 Å². The Morgan fingerprint density at radius 1 is 2.00 bits per heavy atom. The van der Waals surface area contributed by atoms with Gasteiger partial charge in [0.25, 0.3) is 0 Å². The lowest BCUT2D eigenvalue weighted by Gasteiger charge is -1.88. The van der Waals surface area contributed by atoms with Crippen LogP contribution in [0.4, 0.5) is 0 Å². The number of carbonyl (C=O) groups excluding carboxylic acids is 1. The highest BCUT2D eigenvalue weighted by Crippen LogP contribution is 1.82. The first-order valence-electron chi connectivity index (χ1n) is 2.22. The SMILES string of the molecule is C=C=CCC(=O)OC. The molecule has 44 valence electrons. The van der Waals surface area contributed by atoms with Crippen molar-refractivity contribution in [1.29, 1.82) is 0 Å². The van der Waals surface area contributed by atoms with E-state index in [1.807, 2.05) is 0 Å². The summed E-state index contributed by atoms with van der Waals surface area (Å²) in [5.74, 6) is -0.263. The maximum Gasteiger partial charge on any atom is 0.309 e. The molecule has 2 nitrogen and oxygen atoms in total. The molecule has 0 amide bonds. The summed E-state index contributed by atoms with van der Waals surface area (Å²) in [7, 11) is 1.35. The van der Waals surface area contributed by atoms with E-state index in [2.05, 4.69) is 17.0 Å². The molecule has 0 unspecified atom stereocenters. The number of hydrogen-bond donors (Lipinski definition) is 0. The molecule has 0 aliphatic rings. The normalized spacial score (nSPS) is 7.12. The van der Waals surface area contributed by atoms with E-state index >= 15 is 0 Å². The summed E-state index contributed by atoms with van der Waals surface area (Å²) in [6, 6.07) is 0. The number of hydrogen-bond acceptors (Lipinski definition) is 2. The second-order valence-electron chi connectivity index (χ2n) is 1.19. The summed E-state index contributed by atoms with van der Waals surface area (Å²) >= 11 is 0. The molecule has 0 saturated heterocycles. The highest BCUT2D eigenvalue weighted by atomic mass is 16.5. The fourth-order valence-corrected chi connectivity index (χ4v) is 0.239. The fraction of sp³-hybridized carbons (Fsp3) is 0.333. The van der Waals surface area contributed by atoms with Gasteiger partial charge in [0.2, 0.25) is 0 Å². The topological polar surface area (TPSA) is 26.3 Å². The molecule has 0 aromatic rings. The second kappa shape index (κ2) is 4.16. The van der Waals surface area contributed by atoms with Crippen molar-refractivity contribution in [2.24, 2.45) is 0 Å². The Labute approximate surface area is 48.5 Å². The van der Waals surface area contributed by atoms with E-state index in [1.54, 1.807) is 0 Å². The maximum atomic E-state index is 10.2. The van der Waals surface area contributed by atoms with Gasteiger partial charge < -0.3 is 4.74 Å². The third-order valence-electron chi connectivity index (χ3n) is 0.641. The summed E-state index contributed by atoms with van der Waals surface area (Å²) in [6.45, 7) is 3.28. The average molecular weight is 112 g/mol. The van der Waals surface area contributed by atoms with E-state index in [0.717, 1.165) is 0 Å². The summed E-state index contributed by atoms with van der Waals surface area (Å²) in [4.78, 5) is 10.2. The monoisotopic (exact) mass is 112 g/mol. The molecule has 0 saturated carbocycles. The van der Waals surface area contributed by atoms with Crippen LogP contribution in [0, 0.1) is 0 Å². The van der Waals surface area contributed by atoms with Crippen molar-refractivity contribution in [3.05, 3.63) is 18.4 Å². The Bertz CT molecular complexity index is 120. The Kier molecular flexibility index (Phi) is 3.63. The predicted molar refractivity (Wildman–Crippen MR) is 30.3 cm³/mol. The smallest absolute Gasteiger partial charge is 0.309 e. The fourth-order valence-electron chi connectivity index (χ4n) is 0.239. The van der Waals surface area contributed by atoms with Crippen LogP contribution in [0.25, 0.3) is 0 Å². The molecule has 0 aromatic carbocycles. The molecular weight excluding hydrogens is 104 g/mol. The van der Waals surface area contributed by atoms with Gasteiger partial charge in [-0.15, -0.1) is 5.73 Å². The first-order valence-corrected chi connectivity index (χ1v) is 2.22. The van der Waals surface area contributed by atoms with Crippen LogP contribution < -0.4 is 0 Å². The van der Waals surface area contributed by atoms with Crippen molar-refractivity contribution >= 4 is 5.97 Å². The highest BCUT2D eigenvalue weighted by molar-refractivity contribution is 5.70. The zero-order valence-electron chi connectivity index (χ0n) is 4.81. The molecule has 0 aromatic heterocycles. The quantitative estimate of drug-likeness (QED) is 0.391. The van der Waals surface area contributed by atoms with E-state index < -0.39 is 0 Å². The maximum absolute atomic E-state index is 10.2. The van der Waals surface area contributed by atoms with E-state index in [1.165, 1.54) is 13.2 Å². The van der Waals surface area contributed by atoms with Crippen LogP contribution in [-0.4, -0.2) is 13.1 Å². The van der Waals surface area contributed by atoms with Crippen molar-refractivity contribution in [2.45, 2.75) is 6.42 Å². The average Bonchev–Trinajstić information content (AvgIpc) is 1.83. The van der Waals surface area contributed by atoms with Crippen LogP contribution in [0.5, 0.6) is 0 Å². The Morgan fingerprint density at radius 3 is 3.00 bits per heavy atom. The van der Waals surface area contributed by atoms with Crippen molar-refractivity contribution in [2.75, 3.05) is 7.11 Å². The van der Waals surface area contributed by atoms with Crippen molar-refractivity contribution in [3.63, 3.8) is 0 Å². The molecule has 0 rings (SSSR count). The van der Waals surface area contributed by atoms with Crippen LogP contribution in [-0.2, 0) is 9.53 Å². The van der Waals surface area contributed by atoms with Crippen molar-refractivity contribution < 1.29 is 9.53 Å².